The smallest absolute Gasteiger partial charge is 0.326 e. The van der Waals surface area contributed by atoms with Crippen LogP contribution in [-0.4, -0.2) is 37.1 Å². The van der Waals surface area contributed by atoms with E-state index in [0.717, 1.165) is 41.7 Å². The van der Waals surface area contributed by atoms with Crippen molar-refractivity contribution in [2.75, 3.05) is 6.54 Å². The van der Waals surface area contributed by atoms with E-state index in [0.29, 0.717) is 32.0 Å². The van der Waals surface area contributed by atoms with Crippen molar-refractivity contribution < 1.29 is 4.79 Å². The topological polar surface area (TPSA) is 86.8 Å². The molecule has 28 heavy (non-hydrogen) atoms. The van der Waals surface area contributed by atoms with Gasteiger partial charge in [-0.3, -0.25) is 14.5 Å². The normalized spacial score (nSPS) is 15.0. The largest absolute Gasteiger partial charge is 0.338 e. The number of aromatic amines is 2. The maximum atomic E-state index is 12.8. The Hall–Kier alpha value is -2.83. The lowest BCUT2D eigenvalue weighted by atomic mass is 9.95. The van der Waals surface area contributed by atoms with Crippen molar-refractivity contribution in [1.82, 2.24) is 24.6 Å². The quantitative estimate of drug-likeness (QED) is 0.688. The van der Waals surface area contributed by atoms with Gasteiger partial charge in [0.25, 0.3) is 0 Å². The molecule has 1 aliphatic heterocycles. The Morgan fingerprint density at radius 3 is 2.96 bits per heavy atom. The third-order valence-electron chi connectivity index (χ3n) is 5.74. The maximum absolute atomic E-state index is 12.8. The average molecular weight is 381 g/mol. The predicted molar refractivity (Wildman–Crippen MR) is 108 cm³/mol. The van der Waals surface area contributed by atoms with Crippen molar-refractivity contribution >= 4 is 16.9 Å². The van der Waals surface area contributed by atoms with Gasteiger partial charge in [0.15, 0.2) is 0 Å². The van der Waals surface area contributed by atoms with Gasteiger partial charge in [-0.15, -0.1) is 0 Å². The first kappa shape index (κ1) is 18.5. The molecule has 148 valence electrons. The number of hydrogen-bond acceptors (Lipinski definition) is 3. The molecule has 0 spiro atoms. The number of H-pyrrole nitrogens is 2. The monoisotopic (exact) mass is 381 g/mol. The van der Waals surface area contributed by atoms with E-state index in [1.165, 1.54) is 5.56 Å². The molecule has 0 radical (unpaired) electrons. The highest BCUT2D eigenvalue weighted by Crippen LogP contribution is 2.28. The molecule has 4 rings (SSSR count). The molecule has 7 heteroatoms. The Morgan fingerprint density at radius 1 is 1.32 bits per heavy atom. The third-order valence-corrected chi connectivity index (χ3v) is 5.74. The number of aryl methyl sites for hydroxylation is 1. The Labute approximate surface area is 163 Å². The second-order valence-electron chi connectivity index (χ2n) is 7.67. The fraction of sp³-hybridized carbons (Fsp3) is 0.476. The van der Waals surface area contributed by atoms with Crippen molar-refractivity contribution in [1.29, 1.82) is 0 Å². The zero-order valence-corrected chi connectivity index (χ0v) is 16.5. The summed E-state index contributed by atoms with van der Waals surface area (Å²) in [5.74, 6) is 0.475. The Kier molecular flexibility index (Phi) is 5.07. The van der Waals surface area contributed by atoms with Gasteiger partial charge < -0.3 is 9.88 Å². The number of nitrogens with one attached hydrogen (secondary N) is 2. The third kappa shape index (κ3) is 3.37. The second kappa shape index (κ2) is 7.66. The van der Waals surface area contributed by atoms with E-state index in [1.807, 2.05) is 29.2 Å². The van der Waals surface area contributed by atoms with Gasteiger partial charge in [0.1, 0.15) is 0 Å². The van der Waals surface area contributed by atoms with Gasteiger partial charge in [-0.05, 0) is 18.6 Å². The number of nitrogens with zero attached hydrogens (tertiary/aromatic N) is 3. The molecule has 0 bridgehead atoms. The first-order chi connectivity index (χ1) is 13.6. The van der Waals surface area contributed by atoms with Crippen LogP contribution in [0.25, 0.3) is 11.0 Å². The number of aromatic nitrogens is 4. The molecular weight excluding hydrogens is 354 g/mol. The zero-order chi connectivity index (χ0) is 19.7. The van der Waals surface area contributed by atoms with Crippen LogP contribution in [0.15, 0.2) is 29.1 Å². The summed E-state index contributed by atoms with van der Waals surface area (Å²) >= 11 is 0. The van der Waals surface area contributed by atoms with Gasteiger partial charge in [-0.2, -0.15) is 5.10 Å². The number of hydrogen-bond donors (Lipinski definition) is 2. The summed E-state index contributed by atoms with van der Waals surface area (Å²) in [4.78, 5) is 29.8. The summed E-state index contributed by atoms with van der Waals surface area (Å²) in [5, 5.41) is 7.70. The van der Waals surface area contributed by atoms with Crippen molar-refractivity contribution in [3.63, 3.8) is 0 Å². The molecule has 1 amide bonds. The van der Waals surface area contributed by atoms with Crippen molar-refractivity contribution in [3.05, 3.63) is 51.7 Å². The van der Waals surface area contributed by atoms with Crippen molar-refractivity contribution in [3.8, 4) is 0 Å². The average Bonchev–Trinajstić information content (AvgIpc) is 3.26. The Balaban J connectivity index is 1.46. The molecular formula is C21H27N5O2. The van der Waals surface area contributed by atoms with Gasteiger partial charge in [0, 0.05) is 49.7 Å². The molecule has 2 aromatic heterocycles. The molecule has 1 aliphatic rings. The number of amides is 1. The summed E-state index contributed by atoms with van der Waals surface area (Å²) in [5.41, 5.74) is 4.92. The summed E-state index contributed by atoms with van der Waals surface area (Å²) < 4.78 is 1.65. The molecule has 0 fully saturated rings. The highest BCUT2D eigenvalue weighted by Gasteiger charge is 2.26. The van der Waals surface area contributed by atoms with Crippen LogP contribution in [0.1, 0.15) is 56.0 Å². The lowest BCUT2D eigenvalue weighted by molar-refractivity contribution is -0.132. The summed E-state index contributed by atoms with van der Waals surface area (Å²) in [6, 6.07) is 7.57. The fourth-order valence-corrected chi connectivity index (χ4v) is 4.20. The number of carbonyl (C=O) groups is 1. The van der Waals surface area contributed by atoms with E-state index in [1.54, 1.807) is 4.57 Å². The van der Waals surface area contributed by atoms with Gasteiger partial charge in [-0.1, -0.05) is 32.4 Å². The Bertz CT molecular complexity index is 1040. The van der Waals surface area contributed by atoms with Crippen LogP contribution >= 0.6 is 0 Å². The minimum Gasteiger partial charge on any atom is -0.338 e. The van der Waals surface area contributed by atoms with E-state index in [2.05, 4.69) is 29.0 Å². The molecule has 3 heterocycles. The molecule has 2 N–H and O–H groups in total. The first-order valence-electron chi connectivity index (χ1n) is 10.1. The van der Waals surface area contributed by atoms with E-state index >= 15 is 0 Å². The number of para-hydroxylation sites is 2. The number of carbonyl (C=O) groups excluding carboxylic acids is 1. The van der Waals surface area contributed by atoms with Crippen LogP contribution in [0.3, 0.4) is 0 Å². The van der Waals surface area contributed by atoms with Crippen molar-refractivity contribution in [2.24, 2.45) is 0 Å². The van der Waals surface area contributed by atoms with Crippen LogP contribution in [0.5, 0.6) is 0 Å². The SMILES string of the molecule is CCCC(C)c1n[nH]c2c1CN(C(=O)CCn1c(=O)[nH]c3ccccc31)CC2. The zero-order valence-electron chi connectivity index (χ0n) is 16.5. The molecule has 1 atom stereocenters. The van der Waals surface area contributed by atoms with Crippen LogP contribution in [-0.2, 0) is 24.3 Å². The summed E-state index contributed by atoms with van der Waals surface area (Å²) in [6.07, 6.45) is 3.33. The second-order valence-corrected chi connectivity index (χ2v) is 7.67. The van der Waals surface area contributed by atoms with Crippen molar-refractivity contribution in [2.45, 2.75) is 58.5 Å². The number of rotatable bonds is 6. The highest BCUT2D eigenvalue weighted by atomic mass is 16.2. The van der Waals surface area contributed by atoms with Gasteiger partial charge in [0.05, 0.1) is 16.7 Å². The van der Waals surface area contributed by atoms with Crippen LogP contribution in [0.2, 0.25) is 0 Å². The lowest BCUT2D eigenvalue weighted by Gasteiger charge is -2.28. The summed E-state index contributed by atoms with van der Waals surface area (Å²) in [7, 11) is 0. The first-order valence-corrected chi connectivity index (χ1v) is 10.1. The fourth-order valence-electron chi connectivity index (χ4n) is 4.20. The molecule has 0 aliphatic carbocycles. The van der Waals surface area contributed by atoms with Crippen LogP contribution in [0, 0.1) is 0 Å². The lowest BCUT2D eigenvalue weighted by Crippen LogP contribution is -2.37. The maximum Gasteiger partial charge on any atom is 0.326 e. The molecule has 7 nitrogen and oxygen atoms in total. The summed E-state index contributed by atoms with van der Waals surface area (Å²) in [6.45, 7) is 6.06. The number of benzene rings is 1. The van der Waals surface area contributed by atoms with Gasteiger partial charge in [-0.25, -0.2) is 4.79 Å². The van der Waals surface area contributed by atoms with E-state index in [4.69, 9.17) is 0 Å². The number of imidazole rings is 1. The molecule has 1 aromatic carbocycles. The standard InChI is InChI=1S/C21H27N5O2/c1-3-6-14(2)20-15-13-25(11-9-16(15)23-24-20)19(27)10-12-26-18-8-5-4-7-17(18)22-21(26)28/h4-5,7-8,14H,3,6,9-13H2,1-2H3,(H,22,28)(H,23,24). The minimum atomic E-state index is -0.166. The van der Waals surface area contributed by atoms with E-state index in [9.17, 15) is 9.59 Å². The van der Waals surface area contributed by atoms with E-state index in [-0.39, 0.29) is 11.6 Å². The van der Waals surface area contributed by atoms with Gasteiger partial charge in [0.2, 0.25) is 5.91 Å². The molecule has 0 saturated heterocycles. The van der Waals surface area contributed by atoms with Gasteiger partial charge >= 0.3 is 5.69 Å². The Morgan fingerprint density at radius 2 is 2.14 bits per heavy atom. The molecule has 3 aromatic rings. The number of fused-ring (bicyclic) bond motifs is 2. The molecule has 0 saturated carbocycles. The minimum absolute atomic E-state index is 0.0816. The van der Waals surface area contributed by atoms with E-state index < -0.39 is 0 Å². The predicted octanol–water partition coefficient (Wildman–Crippen LogP) is 2.93. The van der Waals surface area contributed by atoms with Crippen LogP contribution in [0.4, 0.5) is 0 Å². The highest BCUT2D eigenvalue weighted by molar-refractivity contribution is 5.78. The van der Waals surface area contributed by atoms with Crippen LogP contribution < -0.4 is 5.69 Å². The molecule has 1 unspecified atom stereocenters.